The third-order valence-electron chi connectivity index (χ3n) is 6.15. The van der Waals surface area contributed by atoms with Crippen molar-refractivity contribution in [2.75, 3.05) is 13.1 Å². The highest BCUT2D eigenvalue weighted by molar-refractivity contribution is 5.92. The molecule has 0 radical (unpaired) electrons. The summed E-state index contributed by atoms with van der Waals surface area (Å²) in [5, 5.41) is 8.96. The molecule has 1 aliphatic heterocycles. The molecule has 4 aromatic rings. The van der Waals surface area contributed by atoms with Crippen LogP contribution in [0.2, 0.25) is 0 Å². The number of likely N-dealkylation sites (tertiary alicyclic amines) is 1. The number of carbonyl (C=O) groups is 1. The third-order valence-corrected chi connectivity index (χ3v) is 6.15. The van der Waals surface area contributed by atoms with Crippen LogP contribution in [0.15, 0.2) is 59.5 Å². The summed E-state index contributed by atoms with van der Waals surface area (Å²) < 4.78 is 15.2. The Hall–Kier alpha value is -3.88. The van der Waals surface area contributed by atoms with Crippen LogP contribution in [-0.4, -0.2) is 48.4 Å². The summed E-state index contributed by atoms with van der Waals surface area (Å²) in [6.45, 7) is 3.46. The van der Waals surface area contributed by atoms with Crippen LogP contribution in [0.1, 0.15) is 29.2 Å². The first kappa shape index (κ1) is 21.0. The number of rotatable bonds is 4. The SMILES string of the molecule is Cc1nc2cc(F)ccc2c(=O)n1CC1CCN(C(=O)c2cnn(-c3ccccc3)n2)CC1. The van der Waals surface area contributed by atoms with Crippen molar-refractivity contribution in [2.24, 2.45) is 5.92 Å². The van der Waals surface area contributed by atoms with Crippen molar-refractivity contribution in [1.29, 1.82) is 0 Å². The molecule has 0 aliphatic carbocycles. The van der Waals surface area contributed by atoms with Crippen LogP contribution in [-0.2, 0) is 6.54 Å². The van der Waals surface area contributed by atoms with E-state index in [4.69, 9.17) is 0 Å². The van der Waals surface area contributed by atoms with E-state index in [2.05, 4.69) is 15.2 Å². The number of aromatic nitrogens is 5. The van der Waals surface area contributed by atoms with Crippen molar-refractivity contribution in [2.45, 2.75) is 26.3 Å². The Balaban J connectivity index is 1.25. The van der Waals surface area contributed by atoms with Crippen molar-refractivity contribution >= 4 is 16.8 Å². The second-order valence-corrected chi connectivity index (χ2v) is 8.33. The van der Waals surface area contributed by atoms with E-state index in [1.165, 1.54) is 29.2 Å². The molecule has 0 N–H and O–H groups in total. The maximum atomic E-state index is 13.5. The van der Waals surface area contributed by atoms with Gasteiger partial charge in [0.1, 0.15) is 11.6 Å². The minimum absolute atomic E-state index is 0.140. The highest BCUT2D eigenvalue weighted by Crippen LogP contribution is 2.21. The van der Waals surface area contributed by atoms with Crippen LogP contribution in [0.4, 0.5) is 4.39 Å². The number of para-hydroxylation sites is 1. The van der Waals surface area contributed by atoms with Crippen LogP contribution in [0.3, 0.4) is 0 Å². The lowest BCUT2D eigenvalue weighted by atomic mass is 9.96. The van der Waals surface area contributed by atoms with Gasteiger partial charge in [0, 0.05) is 25.7 Å². The zero-order valence-electron chi connectivity index (χ0n) is 18.2. The Morgan fingerprint density at radius 1 is 1.12 bits per heavy atom. The normalized spacial score (nSPS) is 14.7. The maximum absolute atomic E-state index is 13.5. The number of benzene rings is 2. The van der Waals surface area contributed by atoms with E-state index in [0.29, 0.717) is 42.1 Å². The highest BCUT2D eigenvalue weighted by atomic mass is 19.1. The average Bonchev–Trinajstić information content (AvgIpc) is 3.32. The minimum Gasteiger partial charge on any atom is -0.337 e. The lowest BCUT2D eigenvalue weighted by Crippen LogP contribution is -2.40. The molecule has 2 aromatic carbocycles. The largest absolute Gasteiger partial charge is 0.337 e. The molecule has 33 heavy (non-hydrogen) atoms. The number of amides is 1. The summed E-state index contributed by atoms with van der Waals surface area (Å²) in [4.78, 5) is 33.5. The number of hydrogen-bond acceptors (Lipinski definition) is 5. The molecule has 0 saturated carbocycles. The number of carbonyl (C=O) groups excluding carboxylic acids is 1. The smallest absolute Gasteiger partial charge is 0.276 e. The van der Waals surface area contributed by atoms with Gasteiger partial charge in [0.05, 0.1) is 22.8 Å². The van der Waals surface area contributed by atoms with E-state index >= 15 is 0 Å². The van der Waals surface area contributed by atoms with Gasteiger partial charge in [0.2, 0.25) is 0 Å². The van der Waals surface area contributed by atoms with Crippen molar-refractivity contribution in [1.82, 2.24) is 29.4 Å². The fraction of sp³-hybridized carbons (Fsp3) is 0.292. The summed E-state index contributed by atoms with van der Waals surface area (Å²) >= 11 is 0. The molecule has 2 aromatic heterocycles. The quantitative estimate of drug-likeness (QED) is 0.481. The molecule has 5 rings (SSSR count). The number of aryl methyl sites for hydroxylation is 1. The molecule has 1 fully saturated rings. The number of nitrogens with zero attached hydrogens (tertiary/aromatic N) is 6. The lowest BCUT2D eigenvalue weighted by molar-refractivity contribution is 0.0675. The monoisotopic (exact) mass is 446 g/mol. The van der Waals surface area contributed by atoms with Gasteiger partial charge in [-0.15, -0.1) is 5.10 Å². The summed E-state index contributed by atoms with van der Waals surface area (Å²) in [5.41, 5.74) is 1.32. The van der Waals surface area contributed by atoms with Crippen LogP contribution in [0.25, 0.3) is 16.6 Å². The molecule has 0 spiro atoms. The molecule has 1 amide bonds. The Morgan fingerprint density at radius 3 is 2.64 bits per heavy atom. The van der Waals surface area contributed by atoms with E-state index < -0.39 is 5.82 Å². The Bertz CT molecular complexity index is 1370. The van der Waals surface area contributed by atoms with E-state index in [1.54, 1.807) is 16.4 Å². The summed E-state index contributed by atoms with van der Waals surface area (Å²) in [6.07, 6.45) is 3.03. The van der Waals surface area contributed by atoms with Gasteiger partial charge in [0.15, 0.2) is 5.69 Å². The summed E-state index contributed by atoms with van der Waals surface area (Å²) in [7, 11) is 0. The fourth-order valence-corrected chi connectivity index (χ4v) is 4.31. The van der Waals surface area contributed by atoms with Crippen molar-refractivity contribution in [3.05, 3.63) is 82.4 Å². The topological polar surface area (TPSA) is 85.9 Å². The third kappa shape index (κ3) is 4.13. The highest BCUT2D eigenvalue weighted by Gasteiger charge is 2.26. The Labute approximate surface area is 189 Å². The molecule has 1 saturated heterocycles. The maximum Gasteiger partial charge on any atom is 0.276 e. The second-order valence-electron chi connectivity index (χ2n) is 8.33. The van der Waals surface area contributed by atoms with Gasteiger partial charge < -0.3 is 4.90 Å². The minimum atomic E-state index is -0.410. The predicted molar refractivity (Wildman–Crippen MR) is 121 cm³/mol. The summed E-state index contributed by atoms with van der Waals surface area (Å²) in [6, 6.07) is 13.5. The number of piperidine rings is 1. The Kier molecular flexibility index (Phi) is 5.45. The van der Waals surface area contributed by atoms with Gasteiger partial charge in [-0.25, -0.2) is 9.37 Å². The van der Waals surface area contributed by atoms with Crippen molar-refractivity contribution in [3.8, 4) is 5.69 Å². The van der Waals surface area contributed by atoms with Crippen LogP contribution >= 0.6 is 0 Å². The molecule has 0 atom stereocenters. The van der Waals surface area contributed by atoms with Gasteiger partial charge in [-0.1, -0.05) is 18.2 Å². The first-order valence-electron chi connectivity index (χ1n) is 10.9. The first-order chi connectivity index (χ1) is 16.0. The molecule has 1 aliphatic rings. The standard InChI is InChI=1S/C24H23FN6O2/c1-16-27-21-13-18(25)7-8-20(21)23(32)30(16)15-17-9-11-29(12-10-17)24(33)22-14-26-31(28-22)19-5-3-2-4-6-19/h2-8,13-14,17H,9-12,15H2,1H3. The molecular formula is C24H23FN6O2. The summed E-state index contributed by atoms with van der Waals surface area (Å²) in [5.74, 6) is 0.255. The van der Waals surface area contributed by atoms with Crippen molar-refractivity contribution < 1.29 is 9.18 Å². The van der Waals surface area contributed by atoms with Gasteiger partial charge >= 0.3 is 0 Å². The fourth-order valence-electron chi connectivity index (χ4n) is 4.31. The molecule has 3 heterocycles. The van der Waals surface area contributed by atoms with Crippen molar-refractivity contribution in [3.63, 3.8) is 0 Å². The number of fused-ring (bicyclic) bond motifs is 1. The van der Waals surface area contributed by atoms with E-state index in [1.807, 2.05) is 30.3 Å². The van der Waals surface area contributed by atoms with Crippen LogP contribution in [0.5, 0.6) is 0 Å². The molecule has 0 bridgehead atoms. The molecule has 8 nitrogen and oxygen atoms in total. The Morgan fingerprint density at radius 2 is 1.88 bits per heavy atom. The van der Waals surface area contributed by atoms with Gasteiger partial charge in [-0.3, -0.25) is 14.2 Å². The van der Waals surface area contributed by atoms with Gasteiger partial charge in [-0.05, 0) is 49.9 Å². The van der Waals surface area contributed by atoms with E-state index in [-0.39, 0.29) is 17.4 Å². The zero-order chi connectivity index (χ0) is 22.9. The van der Waals surface area contributed by atoms with Gasteiger partial charge in [0.25, 0.3) is 11.5 Å². The zero-order valence-corrected chi connectivity index (χ0v) is 18.2. The number of halogens is 1. The lowest BCUT2D eigenvalue weighted by Gasteiger charge is -2.32. The molecule has 0 unspecified atom stereocenters. The second kappa shape index (κ2) is 8.57. The van der Waals surface area contributed by atoms with Crippen LogP contribution < -0.4 is 5.56 Å². The first-order valence-corrected chi connectivity index (χ1v) is 10.9. The number of hydrogen-bond donors (Lipinski definition) is 0. The average molecular weight is 446 g/mol. The van der Waals surface area contributed by atoms with E-state index in [9.17, 15) is 14.0 Å². The van der Waals surface area contributed by atoms with Gasteiger partial charge in [-0.2, -0.15) is 9.90 Å². The predicted octanol–water partition coefficient (Wildman–Crippen LogP) is 2.98. The van der Waals surface area contributed by atoms with Crippen LogP contribution in [0, 0.1) is 18.7 Å². The molecular weight excluding hydrogens is 423 g/mol. The molecule has 9 heteroatoms. The molecule has 168 valence electrons. The van der Waals surface area contributed by atoms with E-state index in [0.717, 1.165) is 18.5 Å².